The molecule has 0 aromatic heterocycles. The van der Waals surface area contributed by atoms with E-state index >= 15 is 0 Å². The minimum atomic E-state index is 0.585. The molecule has 3 aliphatic carbocycles. The van der Waals surface area contributed by atoms with E-state index in [4.69, 9.17) is 4.74 Å². The van der Waals surface area contributed by atoms with Crippen molar-refractivity contribution in [3.05, 3.63) is 6.92 Å². The van der Waals surface area contributed by atoms with Gasteiger partial charge >= 0.3 is 0 Å². The summed E-state index contributed by atoms with van der Waals surface area (Å²) in [7, 11) is 0. The molecule has 3 aliphatic rings. The van der Waals surface area contributed by atoms with Gasteiger partial charge in [0, 0.05) is 6.61 Å². The van der Waals surface area contributed by atoms with Gasteiger partial charge in [0.2, 0.25) is 0 Å². The van der Waals surface area contributed by atoms with Gasteiger partial charge in [0.1, 0.15) is 0 Å². The van der Waals surface area contributed by atoms with Gasteiger partial charge in [-0.2, -0.15) is 0 Å². The molecule has 13 heavy (non-hydrogen) atoms. The fourth-order valence-corrected chi connectivity index (χ4v) is 4.35. The van der Waals surface area contributed by atoms with Gasteiger partial charge in [-0.05, 0) is 56.3 Å². The zero-order valence-electron chi connectivity index (χ0n) is 8.24. The Kier molecular flexibility index (Phi) is 1.90. The predicted molar refractivity (Wildman–Crippen MR) is 52.1 cm³/mol. The molecule has 0 heterocycles. The van der Waals surface area contributed by atoms with E-state index < -0.39 is 0 Å². The molecule has 0 aliphatic heterocycles. The van der Waals surface area contributed by atoms with Crippen molar-refractivity contribution in [3.8, 4) is 0 Å². The van der Waals surface area contributed by atoms with Gasteiger partial charge in [-0.3, -0.25) is 0 Å². The van der Waals surface area contributed by atoms with Gasteiger partial charge in [-0.1, -0.05) is 6.42 Å². The summed E-state index contributed by atoms with van der Waals surface area (Å²) in [6.07, 6.45) is 7.90. The van der Waals surface area contributed by atoms with Crippen molar-refractivity contribution in [2.75, 3.05) is 6.61 Å². The van der Waals surface area contributed by atoms with Crippen LogP contribution in [0.15, 0.2) is 0 Å². The summed E-state index contributed by atoms with van der Waals surface area (Å²) in [5.74, 6) is 4.07. The third kappa shape index (κ3) is 1.09. The lowest BCUT2D eigenvalue weighted by molar-refractivity contribution is 0.00295. The van der Waals surface area contributed by atoms with Crippen molar-refractivity contribution in [3.63, 3.8) is 0 Å². The highest BCUT2D eigenvalue weighted by atomic mass is 16.5. The van der Waals surface area contributed by atoms with Crippen molar-refractivity contribution in [2.45, 2.75) is 38.2 Å². The molecule has 0 spiro atoms. The summed E-state index contributed by atoms with van der Waals surface area (Å²) in [5.41, 5.74) is 0. The van der Waals surface area contributed by atoms with E-state index in [9.17, 15) is 0 Å². The van der Waals surface area contributed by atoms with E-state index in [1.54, 1.807) is 0 Å². The Labute approximate surface area is 80.8 Å². The molecular formula is C12H19O. The maximum absolute atomic E-state index is 5.73. The average molecular weight is 179 g/mol. The molecule has 3 rings (SSSR count). The molecule has 1 heteroatoms. The van der Waals surface area contributed by atoms with Crippen LogP contribution < -0.4 is 0 Å². The highest BCUT2D eigenvalue weighted by molar-refractivity contribution is 5.03. The first-order valence-electron chi connectivity index (χ1n) is 5.81. The number of ether oxygens (including phenoxy) is 1. The Balaban J connectivity index is 1.74. The molecule has 5 unspecified atom stereocenters. The largest absolute Gasteiger partial charge is 0.378 e. The predicted octanol–water partition coefficient (Wildman–Crippen LogP) is 2.66. The van der Waals surface area contributed by atoms with Gasteiger partial charge in [0.05, 0.1) is 6.10 Å². The van der Waals surface area contributed by atoms with Crippen LogP contribution in [0.1, 0.15) is 32.1 Å². The van der Waals surface area contributed by atoms with Gasteiger partial charge in [0.15, 0.2) is 0 Å². The fourth-order valence-electron chi connectivity index (χ4n) is 4.35. The van der Waals surface area contributed by atoms with E-state index in [2.05, 4.69) is 6.92 Å². The maximum atomic E-state index is 5.73. The van der Waals surface area contributed by atoms with E-state index in [0.29, 0.717) is 12.7 Å². The molecule has 3 fully saturated rings. The Bertz CT molecular complexity index is 201. The van der Waals surface area contributed by atoms with Crippen molar-refractivity contribution in [1.29, 1.82) is 0 Å². The zero-order valence-corrected chi connectivity index (χ0v) is 8.24. The topological polar surface area (TPSA) is 9.23 Å². The minimum absolute atomic E-state index is 0.585. The number of fused-ring (bicyclic) bond motifs is 5. The quantitative estimate of drug-likeness (QED) is 0.633. The molecule has 0 aromatic carbocycles. The molecule has 73 valence electrons. The summed E-state index contributed by atoms with van der Waals surface area (Å²) >= 11 is 0. The van der Waals surface area contributed by atoms with Crippen LogP contribution in [-0.2, 0) is 4.74 Å². The molecule has 2 bridgehead atoms. The second-order valence-corrected chi connectivity index (χ2v) is 5.06. The highest BCUT2D eigenvalue weighted by Gasteiger charge is 2.53. The summed E-state index contributed by atoms with van der Waals surface area (Å²) in [6, 6.07) is 0. The third-order valence-corrected chi connectivity index (χ3v) is 4.70. The second-order valence-electron chi connectivity index (χ2n) is 5.06. The van der Waals surface area contributed by atoms with Crippen LogP contribution in [0, 0.1) is 30.6 Å². The van der Waals surface area contributed by atoms with Crippen LogP contribution in [0.3, 0.4) is 0 Å². The SMILES string of the molecule is [CH2]COC1CC2CC1C1CCCC21. The summed E-state index contributed by atoms with van der Waals surface area (Å²) in [4.78, 5) is 0. The smallest absolute Gasteiger partial charge is 0.0608 e. The molecule has 0 saturated heterocycles. The molecule has 5 atom stereocenters. The van der Waals surface area contributed by atoms with Crippen LogP contribution in [-0.4, -0.2) is 12.7 Å². The Morgan fingerprint density at radius 1 is 1.08 bits per heavy atom. The van der Waals surface area contributed by atoms with Crippen molar-refractivity contribution in [2.24, 2.45) is 23.7 Å². The Morgan fingerprint density at radius 2 is 1.92 bits per heavy atom. The summed E-state index contributed by atoms with van der Waals surface area (Å²) in [5, 5.41) is 0. The molecular weight excluding hydrogens is 160 g/mol. The van der Waals surface area contributed by atoms with E-state index in [1.807, 2.05) is 0 Å². The monoisotopic (exact) mass is 179 g/mol. The van der Waals surface area contributed by atoms with Crippen LogP contribution >= 0.6 is 0 Å². The zero-order chi connectivity index (χ0) is 8.84. The molecule has 0 N–H and O–H groups in total. The summed E-state index contributed by atoms with van der Waals surface area (Å²) < 4.78 is 5.73. The summed E-state index contributed by atoms with van der Waals surface area (Å²) in [6.45, 7) is 4.47. The van der Waals surface area contributed by atoms with Crippen molar-refractivity contribution < 1.29 is 4.74 Å². The fraction of sp³-hybridized carbons (Fsp3) is 0.917. The van der Waals surface area contributed by atoms with Crippen molar-refractivity contribution >= 4 is 0 Å². The lowest BCUT2D eigenvalue weighted by Gasteiger charge is -2.31. The Hall–Kier alpha value is -0.0400. The van der Waals surface area contributed by atoms with E-state index in [-0.39, 0.29) is 0 Å². The Morgan fingerprint density at radius 3 is 2.77 bits per heavy atom. The standard InChI is InChI=1S/C12H19O/c1-2-13-12-7-8-6-11(12)10-5-3-4-9(8)10/h8-12H,1-7H2. The third-order valence-electron chi connectivity index (χ3n) is 4.70. The van der Waals surface area contributed by atoms with Gasteiger partial charge in [0.25, 0.3) is 0 Å². The van der Waals surface area contributed by atoms with Gasteiger partial charge in [-0.15, -0.1) is 0 Å². The van der Waals surface area contributed by atoms with Crippen LogP contribution in [0.2, 0.25) is 0 Å². The average Bonchev–Trinajstić information content (AvgIpc) is 2.72. The normalized spacial score (nSPS) is 52.8. The molecule has 0 amide bonds. The van der Waals surface area contributed by atoms with Crippen LogP contribution in [0.5, 0.6) is 0 Å². The number of rotatable bonds is 2. The molecule has 3 saturated carbocycles. The highest BCUT2D eigenvalue weighted by Crippen LogP contribution is 2.59. The first-order chi connectivity index (χ1) is 6.40. The van der Waals surface area contributed by atoms with Gasteiger partial charge in [-0.25, -0.2) is 0 Å². The van der Waals surface area contributed by atoms with Gasteiger partial charge < -0.3 is 4.74 Å². The first kappa shape index (κ1) is 8.28. The van der Waals surface area contributed by atoms with E-state index in [0.717, 1.165) is 23.7 Å². The molecule has 1 radical (unpaired) electrons. The van der Waals surface area contributed by atoms with Crippen LogP contribution in [0.4, 0.5) is 0 Å². The molecule has 0 aromatic rings. The second kappa shape index (κ2) is 2.98. The minimum Gasteiger partial charge on any atom is -0.378 e. The van der Waals surface area contributed by atoms with Crippen molar-refractivity contribution in [1.82, 2.24) is 0 Å². The molecule has 1 nitrogen and oxygen atoms in total. The number of hydrogen-bond acceptors (Lipinski definition) is 1. The van der Waals surface area contributed by atoms with Crippen LogP contribution in [0.25, 0.3) is 0 Å². The lowest BCUT2D eigenvalue weighted by Crippen LogP contribution is -2.30. The number of hydrogen-bond donors (Lipinski definition) is 0. The van der Waals surface area contributed by atoms with E-state index in [1.165, 1.54) is 32.1 Å². The lowest BCUT2D eigenvalue weighted by atomic mass is 9.80. The first-order valence-corrected chi connectivity index (χ1v) is 5.81. The maximum Gasteiger partial charge on any atom is 0.0608 e.